The van der Waals surface area contributed by atoms with Gasteiger partial charge in [-0.05, 0) is 12.1 Å². The molecule has 1 fully saturated rings. The molecule has 0 aliphatic carbocycles. The van der Waals surface area contributed by atoms with Gasteiger partial charge in [0.15, 0.2) is 0 Å². The Labute approximate surface area is 110 Å². The number of nitrogens with one attached hydrogen (secondary N) is 2. The van der Waals surface area contributed by atoms with Gasteiger partial charge in [0, 0.05) is 26.7 Å². The lowest BCUT2D eigenvalue weighted by Crippen LogP contribution is -2.59. The fourth-order valence-electron chi connectivity index (χ4n) is 2.00. The number of hydrogen-bond acceptors (Lipinski definition) is 4. The van der Waals surface area contributed by atoms with E-state index < -0.39 is 11.9 Å². The highest BCUT2D eigenvalue weighted by molar-refractivity contribution is 5.96. The van der Waals surface area contributed by atoms with Crippen LogP contribution in [-0.2, 0) is 4.79 Å². The Morgan fingerprint density at radius 2 is 2.32 bits per heavy atom. The molecule has 0 saturated carbocycles. The first-order valence-electron chi connectivity index (χ1n) is 5.98. The fraction of sp³-hybridized carbons (Fsp3) is 0.417. The summed E-state index contributed by atoms with van der Waals surface area (Å²) in [4.78, 5) is 29.2. The van der Waals surface area contributed by atoms with Crippen molar-refractivity contribution in [3.05, 3.63) is 29.8 Å². The third-order valence-electron chi connectivity index (χ3n) is 3.00. The Bertz CT molecular complexity index is 477. The average Bonchev–Trinajstić information content (AvgIpc) is 2.46. The van der Waals surface area contributed by atoms with Crippen LogP contribution in [0.4, 0.5) is 4.39 Å². The minimum absolute atomic E-state index is 0.136. The van der Waals surface area contributed by atoms with Crippen LogP contribution in [0.2, 0.25) is 0 Å². The van der Waals surface area contributed by atoms with Gasteiger partial charge < -0.3 is 15.5 Å². The molecule has 1 saturated heterocycles. The summed E-state index contributed by atoms with van der Waals surface area (Å²) in [6.45, 7) is 1.42. The highest BCUT2D eigenvalue weighted by Gasteiger charge is 2.32. The molecule has 19 heavy (non-hydrogen) atoms. The Morgan fingerprint density at radius 3 is 2.95 bits per heavy atom. The van der Waals surface area contributed by atoms with Crippen LogP contribution >= 0.6 is 0 Å². The number of carbonyl (C=O) groups excluding carboxylic acids is 2. The van der Waals surface area contributed by atoms with Crippen LogP contribution < -0.4 is 10.6 Å². The van der Waals surface area contributed by atoms with Crippen molar-refractivity contribution in [2.45, 2.75) is 6.04 Å². The summed E-state index contributed by atoms with van der Waals surface area (Å²) in [7, 11) is 1.52. The van der Waals surface area contributed by atoms with Crippen molar-refractivity contribution in [3.63, 3.8) is 0 Å². The molecule has 1 aromatic rings. The average molecular weight is 266 g/mol. The largest absolute Gasteiger partial charge is 0.357 e. The number of likely N-dealkylation sites (N-methyl/N-ethyl adjacent to an activating group) is 1. The topological polar surface area (TPSA) is 74.3 Å². The lowest BCUT2D eigenvalue weighted by molar-refractivity contribution is -0.125. The molecule has 1 aliphatic rings. The Morgan fingerprint density at radius 1 is 1.53 bits per heavy atom. The van der Waals surface area contributed by atoms with Gasteiger partial charge in [0.25, 0.3) is 5.91 Å². The molecule has 2 N–H and O–H groups in total. The van der Waals surface area contributed by atoms with Crippen LogP contribution in [0, 0.1) is 5.82 Å². The van der Waals surface area contributed by atoms with Gasteiger partial charge in [-0.3, -0.25) is 9.59 Å². The summed E-state index contributed by atoms with van der Waals surface area (Å²) in [5.74, 6) is -1.10. The lowest BCUT2D eigenvalue weighted by atomic mass is 10.1. The highest BCUT2D eigenvalue weighted by atomic mass is 19.1. The van der Waals surface area contributed by atoms with Crippen LogP contribution in [0.3, 0.4) is 0 Å². The summed E-state index contributed by atoms with van der Waals surface area (Å²) in [6, 6.07) is 1.93. The van der Waals surface area contributed by atoms with Gasteiger partial charge in [-0.15, -0.1) is 0 Å². The smallest absolute Gasteiger partial charge is 0.273 e. The first kappa shape index (κ1) is 13.4. The maximum atomic E-state index is 12.8. The van der Waals surface area contributed by atoms with Gasteiger partial charge in [0.05, 0.1) is 6.20 Å². The lowest BCUT2D eigenvalue weighted by Gasteiger charge is -2.34. The van der Waals surface area contributed by atoms with Crippen molar-refractivity contribution in [3.8, 4) is 0 Å². The van der Waals surface area contributed by atoms with Crippen molar-refractivity contribution in [1.82, 2.24) is 20.5 Å². The quantitative estimate of drug-likeness (QED) is 0.748. The predicted octanol–water partition coefficient (Wildman–Crippen LogP) is -0.619. The van der Waals surface area contributed by atoms with E-state index in [-0.39, 0.29) is 17.5 Å². The van der Waals surface area contributed by atoms with Gasteiger partial charge in [0.2, 0.25) is 5.91 Å². The van der Waals surface area contributed by atoms with Crippen molar-refractivity contribution >= 4 is 11.8 Å². The highest BCUT2D eigenvalue weighted by Crippen LogP contribution is 2.09. The molecular weight excluding hydrogens is 251 g/mol. The van der Waals surface area contributed by atoms with Gasteiger partial charge in [-0.25, -0.2) is 9.37 Å². The van der Waals surface area contributed by atoms with Gasteiger partial charge in [-0.2, -0.15) is 0 Å². The number of carbonyl (C=O) groups is 2. The predicted molar refractivity (Wildman–Crippen MR) is 66.0 cm³/mol. The second kappa shape index (κ2) is 5.75. The maximum Gasteiger partial charge on any atom is 0.273 e. The Kier molecular flexibility index (Phi) is 4.06. The number of halogens is 1. The number of aromatic nitrogens is 1. The number of pyridine rings is 1. The molecule has 1 unspecified atom stereocenters. The number of hydrogen-bond donors (Lipinski definition) is 2. The SMILES string of the molecule is CNC(=O)C1CNCCN1C(=O)c1ccc(F)cn1. The van der Waals surface area contributed by atoms with E-state index in [2.05, 4.69) is 15.6 Å². The molecule has 1 aliphatic heterocycles. The molecule has 2 rings (SSSR count). The third kappa shape index (κ3) is 2.87. The van der Waals surface area contributed by atoms with E-state index in [0.717, 1.165) is 6.20 Å². The van der Waals surface area contributed by atoms with E-state index in [4.69, 9.17) is 0 Å². The molecule has 102 valence electrons. The van der Waals surface area contributed by atoms with Crippen LogP contribution in [0.5, 0.6) is 0 Å². The van der Waals surface area contributed by atoms with E-state index in [1.807, 2.05) is 0 Å². The van der Waals surface area contributed by atoms with Crippen LogP contribution in [0.15, 0.2) is 18.3 Å². The normalized spacial score (nSPS) is 19.1. The summed E-state index contributed by atoms with van der Waals surface area (Å²) < 4.78 is 12.8. The van der Waals surface area contributed by atoms with E-state index in [0.29, 0.717) is 19.6 Å². The number of amides is 2. The van der Waals surface area contributed by atoms with E-state index in [1.54, 1.807) is 0 Å². The number of piperazine rings is 1. The van der Waals surface area contributed by atoms with Crippen molar-refractivity contribution in [2.24, 2.45) is 0 Å². The summed E-state index contributed by atoms with van der Waals surface area (Å²) in [5.41, 5.74) is 0.136. The molecule has 0 bridgehead atoms. The minimum atomic E-state index is -0.571. The third-order valence-corrected chi connectivity index (χ3v) is 3.00. The van der Waals surface area contributed by atoms with Crippen molar-refractivity contribution in [2.75, 3.05) is 26.7 Å². The molecule has 1 aromatic heterocycles. The molecule has 6 nitrogen and oxygen atoms in total. The van der Waals surface area contributed by atoms with E-state index in [9.17, 15) is 14.0 Å². The van der Waals surface area contributed by atoms with Gasteiger partial charge >= 0.3 is 0 Å². The summed E-state index contributed by atoms with van der Waals surface area (Å²) >= 11 is 0. The molecule has 0 aromatic carbocycles. The maximum absolute atomic E-state index is 12.8. The number of rotatable bonds is 2. The number of nitrogens with zero attached hydrogens (tertiary/aromatic N) is 2. The van der Waals surface area contributed by atoms with Crippen LogP contribution in [-0.4, -0.2) is 54.4 Å². The first-order chi connectivity index (χ1) is 9.13. The molecular formula is C12H15FN4O2. The molecule has 0 radical (unpaired) electrons. The molecule has 7 heteroatoms. The molecule has 0 spiro atoms. The fourth-order valence-corrected chi connectivity index (χ4v) is 2.00. The molecule has 2 heterocycles. The molecule has 2 amide bonds. The summed E-state index contributed by atoms with van der Waals surface area (Å²) in [5, 5.41) is 5.59. The summed E-state index contributed by atoms with van der Waals surface area (Å²) in [6.07, 6.45) is 0.990. The van der Waals surface area contributed by atoms with E-state index in [1.165, 1.54) is 24.1 Å². The van der Waals surface area contributed by atoms with E-state index >= 15 is 0 Å². The standard InChI is InChI=1S/C12H15FN4O2/c1-14-11(18)10-7-15-4-5-17(10)12(19)9-3-2-8(13)6-16-9/h2-3,6,10,15H,4-5,7H2,1H3,(H,14,18). The monoisotopic (exact) mass is 266 g/mol. The van der Waals surface area contributed by atoms with Gasteiger partial charge in [-0.1, -0.05) is 0 Å². The Balaban J connectivity index is 2.20. The zero-order valence-electron chi connectivity index (χ0n) is 10.5. The van der Waals surface area contributed by atoms with Crippen LogP contribution in [0.1, 0.15) is 10.5 Å². The van der Waals surface area contributed by atoms with Crippen LogP contribution in [0.25, 0.3) is 0 Å². The molecule has 1 atom stereocenters. The second-order valence-electron chi connectivity index (χ2n) is 4.19. The van der Waals surface area contributed by atoms with Gasteiger partial charge in [0.1, 0.15) is 17.6 Å². The minimum Gasteiger partial charge on any atom is -0.357 e. The van der Waals surface area contributed by atoms with Crippen molar-refractivity contribution < 1.29 is 14.0 Å². The first-order valence-corrected chi connectivity index (χ1v) is 5.98. The Hall–Kier alpha value is -2.02. The second-order valence-corrected chi connectivity index (χ2v) is 4.19. The zero-order chi connectivity index (χ0) is 13.8. The van der Waals surface area contributed by atoms with Crippen molar-refractivity contribution in [1.29, 1.82) is 0 Å². The zero-order valence-corrected chi connectivity index (χ0v) is 10.5.